The highest BCUT2D eigenvalue weighted by Crippen LogP contribution is 2.30. The van der Waals surface area contributed by atoms with Crippen LogP contribution in [0.2, 0.25) is 0 Å². The molecule has 0 N–H and O–H groups in total. The first-order chi connectivity index (χ1) is 11.7. The van der Waals surface area contributed by atoms with Gasteiger partial charge in [0.2, 0.25) is 0 Å². The van der Waals surface area contributed by atoms with Gasteiger partial charge in [0.15, 0.2) is 0 Å². The summed E-state index contributed by atoms with van der Waals surface area (Å²) >= 11 is 0. The van der Waals surface area contributed by atoms with E-state index in [0.717, 1.165) is 52.7 Å². The number of aryl methyl sites for hydroxylation is 1. The van der Waals surface area contributed by atoms with Crippen LogP contribution >= 0.6 is 0 Å². The van der Waals surface area contributed by atoms with Gasteiger partial charge in [-0.3, -0.25) is 14.8 Å². The van der Waals surface area contributed by atoms with Gasteiger partial charge < -0.3 is 4.90 Å². The van der Waals surface area contributed by atoms with Gasteiger partial charge >= 0.3 is 0 Å². The Balaban J connectivity index is 1.76. The molecule has 0 unspecified atom stereocenters. The highest BCUT2D eigenvalue weighted by Gasteiger charge is 2.25. The van der Waals surface area contributed by atoms with Gasteiger partial charge in [-0.2, -0.15) is 0 Å². The molecule has 2 heterocycles. The van der Waals surface area contributed by atoms with Crippen LogP contribution in [0.1, 0.15) is 33.7 Å². The fourth-order valence-corrected chi connectivity index (χ4v) is 3.45. The van der Waals surface area contributed by atoms with E-state index in [-0.39, 0.29) is 5.91 Å². The van der Waals surface area contributed by atoms with Gasteiger partial charge in [0.05, 0.1) is 23.3 Å². The van der Waals surface area contributed by atoms with Crippen LogP contribution < -0.4 is 0 Å². The van der Waals surface area contributed by atoms with Crippen molar-refractivity contribution in [2.75, 3.05) is 7.05 Å². The molecule has 0 atom stereocenters. The van der Waals surface area contributed by atoms with Crippen LogP contribution in [0.25, 0.3) is 10.9 Å². The smallest absolute Gasteiger partial charge is 0.254 e. The number of hydrogen-bond donors (Lipinski definition) is 0. The molecule has 24 heavy (non-hydrogen) atoms. The highest BCUT2D eigenvalue weighted by molar-refractivity contribution is 6.07. The maximum absolute atomic E-state index is 13.2. The van der Waals surface area contributed by atoms with Gasteiger partial charge in [-0.05, 0) is 43.0 Å². The Morgan fingerprint density at radius 1 is 1.12 bits per heavy atom. The Morgan fingerprint density at radius 2 is 1.96 bits per heavy atom. The second-order valence-electron chi connectivity index (χ2n) is 6.27. The molecule has 3 aromatic rings. The number of pyridine rings is 2. The molecule has 2 aromatic heterocycles. The van der Waals surface area contributed by atoms with Crippen molar-refractivity contribution in [2.24, 2.45) is 0 Å². The third kappa shape index (κ3) is 2.54. The number of rotatable bonds is 3. The van der Waals surface area contributed by atoms with E-state index >= 15 is 0 Å². The molecule has 0 saturated carbocycles. The summed E-state index contributed by atoms with van der Waals surface area (Å²) in [5.74, 6) is 0.0532. The van der Waals surface area contributed by atoms with E-state index in [2.05, 4.69) is 4.98 Å². The first-order valence-electron chi connectivity index (χ1n) is 8.30. The maximum atomic E-state index is 13.2. The van der Waals surface area contributed by atoms with Crippen LogP contribution in [0.15, 0.2) is 48.7 Å². The Hall–Kier alpha value is -2.75. The topological polar surface area (TPSA) is 46.1 Å². The van der Waals surface area contributed by atoms with Crippen molar-refractivity contribution in [1.82, 2.24) is 14.9 Å². The average molecular weight is 317 g/mol. The van der Waals surface area contributed by atoms with Gasteiger partial charge in [-0.15, -0.1) is 0 Å². The van der Waals surface area contributed by atoms with E-state index in [4.69, 9.17) is 4.98 Å². The molecule has 1 aliphatic carbocycles. The summed E-state index contributed by atoms with van der Waals surface area (Å²) in [5.41, 5.74) is 4.84. The normalized spacial score (nSPS) is 13.0. The summed E-state index contributed by atoms with van der Waals surface area (Å²) in [4.78, 5) is 24.0. The fourth-order valence-electron chi connectivity index (χ4n) is 3.45. The molecule has 120 valence electrons. The third-order valence-electron chi connectivity index (χ3n) is 4.61. The lowest BCUT2D eigenvalue weighted by molar-refractivity contribution is 0.0784. The molecule has 1 amide bonds. The predicted molar refractivity (Wildman–Crippen MR) is 93.8 cm³/mol. The first-order valence-corrected chi connectivity index (χ1v) is 8.30. The van der Waals surface area contributed by atoms with Gasteiger partial charge in [0.25, 0.3) is 5.91 Å². The summed E-state index contributed by atoms with van der Waals surface area (Å²) in [6.45, 7) is 0.505. The number of carbonyl (C=O) groups excluding carboxylic acids is 1. The van der Waals surface area contributed by atoms with E-state index in [1.807, 2.05) is 49.5 Å². The molecule has 1 aliphatic rings. The maximum Gasteiger partial charge on any atom is 0.254 e. The van der Waals surface area contributed by atoms with Crippen molar-refractivity contribution in [2.45, 2.75) is 25.8 Å². The van der Waals surface area contributed by atoms with E-state index in [1.54, 1.807) is 11.1 Å². The van der Waals surface area contributed by atoms with Crippen LogP contribution in [0.5, 0.6) is 0 Å². The van der Waals surface area contributed by atoms with E-state index in [1.165, 1.54) is 0 Å². The highest BCUT2D eigenvalue weighted by atomic mass is 16.2. The molecule has 0 spiro atoms. The minimum Gasteiger partial charge on any atom is -0.336 e. The number of carbonyl (C=O) groups is 1. The Bertz CT molecular complexity index is 905. The number of benzene rings is 1. The summed E-state index contributed by atoms with van der Waals surface area (Å²) in [7, 11) is 1.84. The zero-order valence-electron chi connectivity index (χ0n) is 13.7. The molecular weight excluding hydrogens is 298 g/mol. The van der Waals surface area contributed by atoms with Crippen molar-refractivity contribution in [3.63, 3.8) is 0 Å². The number of hydrogen-bond acceptors (Lipinski definition) is 3. The SMILES string of the molecule is CN(Cc1ccccn1)C(=O)c1c2c(nc3ccccc13)CCC2. The second-order valence-corrected chi connectivity index (χ2v) is 6.27. The fraction of sp³-hybridized carbons (Fsp3) is 0.250. The Morgan fingerprint density at radius 3 is 2.79 bits per heavy atom. The first kappa shape index (κ1) is 14.8. The number of para-hydroxylation sites is 1. The van der Waals surface area contributed by atoms with Gasteiger partial charge in [-0.25, -0.2) is 0 Å². The van der Waals surface area contributed by atoms with Crippen LogP contribution in [0.4, 0.5) is 0 Å². The van der Waals surface area contributed by atoms with Gasteiger partial charge in [0, 0.05) is 24.3 Å². The van der Waals surface area contributed by atoms with Crippen molar-refractivity contribution in [3.05, 3.63) is 71.2 Å². The largest absolute Gasteiger partial charge is 0.336 e. The monoisotopic (exact) mass is 317 g/mol. The van der Waals surface area contributed by atoms with Crippen LogP contribution in [0, 0.1) is 0 Å². The summed E-state index contributed by atoms with van der Waals surface area (Å²) < 4.78 is 0. The standard InChI is InChI=1S/C20H19N3O/c1-23(13-14-7-4-5-12-21-14)20(24)19-15-8-2-3-10-17(15)22-18-11-6-9-16(18)19/h2-5,7-8,10,12H,6,9,11,13H2,1H3. The number of fused-ring (bicyclic) bond motifs is 2. The molecule has 4 rings (SSSR count). The van der Waals surface area contributed by atoms with Crippen LogP contribution in [-0.4, -0.2) is 27.8 Å². The second kappa shape index (κ2) is 6.04. The molecule has 4 nitrogen and oxygen atoms in total. The zero-order chi connectivity index (χ0) is 16.5. The van der Waals surface area contributed by atoms with E-state index in [0.29, 0.717) is 6.54 Å². The third-order valence-corrected chi connectivity index (χ3v) is 4.61. The van der Waals surface area contributed by atoms with Crippen molar-refractivity contribution >= 4 is 16.8 Å². The lowest BCUT2D eigenvalue weighted by Crippen LogP contribution is -2.28. The number of nitrogens with zero attached hydrogens (tertiary/aromatic N) is 3. The zero-order valence-corrected chi connectivity index (χ0v) is 13.7. The number of aromatic nitrogens is 2. The predicted octanol–water partition coefficient (Wildman–Crippen LogP) is 3.39. The lowest BCUT2D eigenvalue weighted by atomic mass is 10.00. The molecule has 1 aromatic carbocycles. The average Bonchev–Trinajstić information content (AvgIpc) is 3.07. The Kier molecular flexibility index (Phi) is 3.73. The van der Waals surface area contributed by atoms with Crippen LogP contribution in [0.3, 0.4) is 0 Å². The minimum atomic E-state index is 0.0532. The van der Waals surface area contributed by atoms with Crippen molar-refractivity contribution < 1.29 is 4.79 Å². The van der Waals surface area contributed by atoms with E-state index < -0.39 is 0 Å². The quantitative estimate of drug-likeness (QED) is 0.744. The molecule has 0 fully saturated rings. The molecule has 0 bridgehead atoms. The number of amides is 1. The van der Waals surface area contributed by atoms with Crippen molar-refractivity contribution in [3.8, 4) is 0 Å². The minimum absolute atomic E-state index is 0.0532. The molecular formula is C20H19N3O. The molecule has 0 radical (unpaired) electrons. The molecule has 0 aliphatic heterocycles. The van der Waals surface area contributed by atoms with Crippen LogP contribution in [-0.2, 0) is 19.4 Å². The lowest BCUT2D eigenvalue weighted by Gasteiger charge is -2.20. The van der Waals surface area contributed by atoms with E-state index in [9.17, 15) is 4.79 Å². The molecule has 4 heteroatoms. The molecule has 0 saturated heterocycles. The summed E-state index contributed by atoms with van der Waals surface area (Å²) in [6.07, 6.45) is 4.73. The van der Waals surface area contributed by atoms with Gasteiger partial charge in [-0.1, -0.05) is 24.3 Å². The Labute approximate surface area is 141 Å². The summed E-state index contributed by atoms with van der Waals surface area (Å²) in [6, 6.07) is 13.7. The van der Waals surface area contributed by atoms with Gasteiger partial charge in [0.1, 0.15) is 0 Å². The van der Waals surface area contributed by atoms with Crippen molar-refractivity contribution in [1.29, 1.82) is 0 Å². The summed E-state index contributed by atoms with van der Waals surface area (Å²) in [5, 5.41) is 0.955.